The lowest BCUT2D eigenvalue weighted by atomic mass is 9.81. The molecule has 3 rings (SSSR count). The zero-order valence-electron chi connectivity index (χ0n) is 13.1. The van der Waals surface area contributed by atoms with E-state index in [0.717, 1.165) is 0 Å². The number of ether oxygens (including phenoxy) is 1. The first-order valence-corrected chi connectivity index (χ1v) is 7.90. The van der Waals surface area contributed by atoms with Gasteiger partial charge < -0.3 is 15.2 Å². The van der Waals surface area contributed by atoms with Crippen LogP contribution in [0.3, 0.4) is 0 Å². The number of nitrogens with zero attached hydrogens (tertiary/aromatic N) is 1. The molecule has 0 fully saturated rings. The summed E-state index contributed by atoms with van der Waals surface area (Å²) in [5.41, 5.74) is -1.79. The Morgan fingerprint density at radius 3 is 2.92 bits per heavy atom. The second-order valence-electron chi connectivity index (χ2n) is 5.71. The van der Waals surface area contributed by atoms with Crippen molar-refractivity contribution in [3.63, 3.8) is 0 Å². The number of aliphatic hydroxyl groups excluding tert-OH is 1. The summed E-state index contributed by atoms with van der Waals surface area (Å²) in [6.45, 7) is 0.436. The largest absolute Gasteiger partial charge is 0.492 e. The SMILES string of the molecule is O=C(NCCOc1ccccc1)[C@]1(F)CC[C@H](O)c2ncccc21. The summed E-state index contributed by atoms with van der Waals surface area (Å²) in [7, 11) is 0. The molecule has 0 saturated carbocycles. The van der Waals surface area contributed by atoms with Crippen LogP contribution in [0.2, 0.25) is 0 Å². The van der Waals surface area contributed by atoms with E-state index in [4.69, 9.17) is 4.74 Å². The number of nitrogens with one attached hydrogen (secondary N) is 1. The maximum atomic E-state index is 15.3. The molecule has 1 heterocycles. The Labute approximate surface area is 139 Å². The van der Waals surface area contributed by atoms with Gasteiger partial charge in [0.15, 0.2) is 0 Å². The van der Waals surface area contributed by atoms with Crippen molar-refractivity contribution in [1.29, 1.82) is 0 Å². The van der Waals surface area contributed by atoms with Crippen molar-refractivity contribution >= 4 is 5.91 Å². The molecule has 0 unspecified atom stereocenters. The minimum absolute atomic E-state index is 0.0712. The minimum atomic E-state index is -2.17. The fourth-order valence-corrected chi connectivity index (χ4v) is 2.85. The highest BCUT2D eigenvalue weighted by Crippen LogP contribution is 2.42. The minimum Gasteiger partial charge on any atom is -0.492 e. The molecule has 126 valence electrons. The Kier molecular flexibility index (Phi) is 4.76. The molecule has 1 aromatic carbocycles. The summed E-state index contributed by atoms with van der Waals surface area (Å²) in [5, 5.41) is 12.5. The average Bonchev–Trinajstić information content (AvgIpc) is 2.63. The van der Waals surface area contributed by atoms with Crippen molar-refractivity contribution in [2.24, 2.45) is 0 Å². The van der Waals surface area contributed by atoms with Crippen molar-refractivity contribution in [3.05, 3.63) is 59.9 Å². The molecule has 0 aliphatic heterocycles. The summed E-state index contributed by atoms with van der Waals surface area (Å²) >= 11 is 0. The Morgan fingerprint density at radius 2 is 2.12 bits per heavy atom. The fraction of sp³-hybridized carbons (Fsp3) is 0.333. The van der Waals surface area contributed by atoms with Gasteiger partial charge in [0.2, 0.25) is 5.67 Å². The second kappa shape index (κ2) is 6.97. The number of fused-ring (bicyclic) bond motifs is 1. The number of para-hydroxylation sites is 1. The van der Waals surface area contributed by atoms with E-state index >= 15 is 4.39 Å². The third kappa shape index (κ3) is 3.23. The van der Waals surface area contributed by atoms with Crippen molar-refractivity contribution < 1.29 is 19.0 Å². The molecule has 1 aromatic heterocycles. The number of halogens is 1. The van der Waals surface area contributed by atoms with E-state index in [-0.39, 0.29) is 37.3 Å². The van der Waals surface area contributed by atoms with Crippen LogP contribution in [0.5, 0.6) is 5.75 Å². The molecule has 0 radical (unpaired) electrons. The number of hydrogen-bond acceptors (Lipinski definition) is 4. The van der Waals surface area contributed by atoms with E-state index in [1.165, 1.54) is 12.3 Å². The number of hydrogen-bond donors (Lipinski definition) is 2. The summed E-state index contributed by atoms with van der Waals surface area (Å²) in [4.78, 5) is 16.4. The Bertz CT molecular complexity index is 710. The Morgan fingerprint density at radius 1 is 1.33 bits per heavy atom. The number of carbonyl (C=O) groups is 1. The van der Waals surface area contributed by atoms with Crippen LogP contribution >= 0.6 is 0 Å². The number of rotatable bonds is 5. The van der Waals surface area contributed by atoms with Crippen LogP contribution in [-0.2, 0) is 10.5 Å². The van der Waals surface area contributed by atoms with E-state index in [0.29, 0.717) is 5.75 Å². The highest BCUT2D eigenvalue weighted by Gasteiger charge is 2.46. The predicted octanol–water partition coefficient (Wildman–Crippen LogP) is 2.27. The normalized spacial score (nSPS) is 22.5. The van der Waals surface area contributed by atoms with Crippen LogP contribution in [0.1, 0.15) is 30.2 Å². The topological polar surface area (TPSA) is 71.5 Å². The first-order chi connectivity index (χ1) is 11.6. The zero-order valence-corrected chi connectivity index (χ0v) is 13.1. The lowest BCUT2D eigenvalue weighted by molar-refractivity contribution is -0.135. The van der Waals surface area contributed by atoms with E-state index in [1.54, 1.807) is 6.07 Å². The molecule has 6 heteroatoms. The van der Waals surface area contributed by atoms with Crippen molar-refractivity contribution in [2.45, 2.75) is 24.6 Å². The standard InChI is InChI=1S/C18H19FN2O3/c19-18(9-8-15(22)16-14(18)7-4-10-20-16)17(23)21-11-12-24-13-5-2-1-3-6-13/h1-7,10,15,22H,8-9,11-12H2,(H,21,23)/t15-,18-/m0/s1. The van der Waals surface area contributed by atoms with Crippen LogP contribution in [0.25, 0.3) is 0 Å². The summed E-state index contributed by atoms with van der Waals surface area (Å²) in [6, 6.07) is 12.3. The van der Waals surface area contributed by atoms with Gasteiger partial charge in [-0.2, -0.15) is 0 Å². The summed E-state index contributed by atoms with van der Waals surface area (Å²) in [5.74, 6) is -0.0302. The number of benzene rings is 1. The van der Waals surface area contributed by atoms with Gasteiger partial charge in [0.25, 0.3) is 5.91 Å². The zero-order chi connectivity index (χ0) is 17.0. The molecule has 0 spiro atoms. The third-order valence-electron chi connectivity index (χ3n) is 4.10. The van der Waals surface area contributed by atoms with Crippen LogP contribution in [0.15, 0.2) is 48.7 Å². The smallest absolute Gasteiger partial charge is 0.262 e. The van der Waals surface area contributed by atoms with Gasteiger partial charge in [0, 0.05) is 11.8 Å². The first-order valence-electron chi connectivity index (χ1n) is 7.90. The maximum absolute atomic E-state index is 15.3. The predicted molar refractivity (Wildman–Crippen MR) is 86.2 cm³/mol. The van der Waals surface area contributed by atoms with Gasteiger partial charge in [-0.05, 0) is 31.0 Å². The van der Waals surface area contributed by atoms with Crippen LogP contribution in [0.4, 0.5) is 4.39 Å². The van der Waals surface area contributed by atoms with Gasteiger partial charge in [-0.3, -0.25) is 9.78 Å². The Balaban J connectivity index is 1.61. The molecule has 5 nitrogen and oxygen atoms in total. The first kappa shape index (κ1) is 16.4. The monoisotopic (exact) mass is 330 g/mol. The molecular formula is C18H19FN2O3. The molecule has 1 aliphatic carbocycles. The number of aliphatic hydroxyl groups is 1. The highest BCUT2D eigenvalue weighted by molar-refractivity contribution is 5.87. The van der Waals surface area contributed by atoms with Crippen molar-refractivity contribution in [3.8, 4) is 5.75 Å². The average molecular weight is 330 g/mol. The van der Waals surface area contributed by atoms with Gasteiger partial charge in [0.05, 0.1) is 18.3 Å². The van der Waals surface area contributed by atoms with Crippen molar-refractivity contribution in [2.75, 3.05) is 13.2 Å². The number of aromatic nitrogens is 1. The maximum Gasteiger partial charge on any atom is 0.262 e. The molecule has 2 aromatic rings. The molecule has 0 saturated heterocycles. The Hall–Kier alpha value is -2.47. The van der Waals surface area contributed by atoms with Gasteiger partial charge >= 0.3 is 0 Å². The fourth-order valence-electron chi connectivity index (χ4n) is 2.85. The number of amides is 1. The lowest BCUT2D eigenvalue weighted by Crippen LogP contribution is -2.45. The van der Waals surface area contributed by atoms with Crippen LogP contribution < -0.4 is 10.1 Å². The van der Waals surface area contributed by atoms with Crippen molar-refractivity contribution in [1.82, 2.24) is 10.3 Å². The van der Waals surface area contributed by atoms with E-state index < -0.39 is 17.7 Å². The van der Waals surface area contributed by atoms with Gasteiger partial charge in [-0.25, -0.2) is 4.39 Å². The quantitative estimate of drug-likeness (QED) is 0.825. The third-order valence-corrected chi connectivity index (χ3v) is 4.10. The molecule has 0 bridgehead atoms. The molecule has 24 heavy (non-hydrogen) atoms. The molecule has 2 atom stereocenters. The van der Waals surface area contributed by atoms with E-state index in [9.17, 15) is 9.90 Å². The van der Waals surface area contributed by atoms with Gasteiger partial charge in [0.1, 0.15) is 12.4 Å². The number of pyridine rings is 1. The summed E-state index contributed by atoms with van der Waals surface area (Å²) in [6.07, 6.45) is 0.741. The van der Waals surface area contributed by atoms with Crippen LogP contribution in [-0.4, -0.2) is 29.1 Å². The molecule has 1 amide bonds. The van der Waals surface area contributed by atoms with Gasteiger partial charge in [-0.1, -0.05) is 24.3 Å². The summed E-state index contributed by atoms with van der Waals surface area (Å²) < 4.78 is 20.8. The highest BCUT2D eigenvalue weighted by atomic mass is 19.1. The van der Waals surface area contributed by atoms with E-state index in [1.807, 2.05) is 30.3 Å². The second-order valence-corrected chi connectivity index (χ2v) is 5.71. The molecular weight excluding hydrogens is 311 g/mol. The molecule has 2 N–H and O–H groups in total. The van der Waals surface area contributed by atoms with Gasteiger partial charge in [-0.15, -0.1) is 0 Å². The molecule has 1 aliphatic rings. The lowest BCUT2D eigenvalue weighted by Gasteiger charge is -2.32. The van der Waals surface area contributed by atoms with E-state index in [2.05, 4.69) is 10.3 Å². The van der Waals surface area contributed by atoms with Crippen LogP contribution in [0, 0.1) is 0 Å². The number of alkyl halides is 1. The number of carbonyl (C=O) groups excluding carboxylic acids is 1.